The minimum atomic E-state index is -0.247. The van der Waals surface area contributed by atoms with Gasteiger partial charge in [-0.3, -0.25) is 4.90 Å². The zero-order chi connectivity index (χ0) is 13.0. The van der Waals surface area contributed by atoms with Gasteiger partial charge in [0, 0.05) is 32.7 Å². The monoisotopic (exact) mass is 250 g/mol. The lowest BCUT2D eigenvalue weighted by atomic mass is 10.2. The van der Waals surface area contributed by atoms with Crippen molar-refractivity contribution < 1.29 is 9.84 Å². The highest BCUT2D eigenvalue weighted by atomic mass is 16.5. The second-order valence-corrected chi connectivity index (χ2v) is 4.81. The molecule has 0 amide bonds. The fraction of sp³-hybridized carbons (Fsp3) is 0.571. The van der Waals surface area contributed by atoms with E-state index in [4.69, 9.17) is 4.74 Å². The lowest BCUT2D eigenvalue weighted by Crippen LogP contribution is -2.48. The number of piperazine rings is 1. The smallest absolute Gasteiger partial charge is 0.142 e. The zero-order valence-electron chi connectivity index (χ0n) is 11.2. The Balaban J connectivity index is 1.97. The number of ether oxygens (including phenoxy) is 1. The number of rotatable bonds is 4. The van der Waals surface area contributed by atoms with Gasteiger partial charge in [0.1, 0.15) is 5.75 Å². The molecule has 4 heteroatoms. The van der Waals surface area contributed by atoms with Crippen LogP contribution >= 0.6 is 0 Å². The van der Waals surface area contributed by atoms with E-state index in [1.165, 1.54) is 0 Å². The van der Waals surface area contributed by atoms with Crippen molar-refractivity contribution in [3.05, 3.63) is 24.3 Å². The van der Waals surface area contributed by atoms with Crippen LogP contribution in [0.1, 0.15) is 6.92 Å². The van der Waals surface area contributed by atoms with Crippen molar-refractivity contribution in [3.63, 3.8) is 0 Å². The van der Waals surface area contributed by atoms with Gasteiger partial charge in [-0.15, -0.1) is 0 Å². The second kappa shape index (κ2) is 6.07. The van der Waals surface area contributed by atoms with Crippen LogP contribution in [-0.4, -0.2) is 55.9 Å². The number of anilines is 1. The molecule has 0 spiro atoms. The van der Waals surface area contributed by atoms with Gasteiger partial charge in [-0.05, 0) is 19.1 Å². The molecule has 1 atom stereocenters. The quantitative estimate of drug-likeness (QED) is 0.871. The van der Waals surface area contributed by atoms with Gasteiger partial charge in [0.2, 0.25) is 0 Å². The van der Waals surface area contributed by atoms with E-state index in [9.17, 15) is 5.11 Å². The minimum Gasteiger partial charge on any atom is -0.495 e. The van der Waals surface area contributed by atoms with Crippen LogP contribution in [0.15, 0.2) is 24.3 Å². The maximum atomic E-state index is 9.39. The number of nitrogens with zero attached hydrogens (tertiary/aromatic N) is 2. The van der Waals surface area contributed by atoms with E-state index in [1.54, 1.807) is 7.11 Å². The summed E-state index contributed by atoms with van der Waals surface area (Å²) in [5.74, 6) is 0.932. The Labute approximate surface area is 109 Å². The van der Waals surface area contributed by atoms with Gasteiger partial charge in [-0.2, -0.15) is 0 Å². The third-order valence-corrected chi connectivity index (χ3v) is 3.32. The summed E-state index contributed by atoms with van der Waals surface area (Å²) in [5.41, 5.74) is 1.16. The molecule has 1 saturated heterocycles. The Morgan fingerprint density at radius 2 is 1.89 bits per heavy atom. The van der Waals surface area contributed by atoms with Crippen molar-refractivity contribution in [2.45, 2.75) is 13.0 Å². The van der Waals surface area contributed by atoms with Crippen LogP contribution in [-0.2, 0) is 0 Å². The molecule has 4 nitrogen and oxygen atoms in total. The molecule has 0 aromatic heterocycles. The van der Waals surface area contributed by atoms with Crippen LogP contribution in [0.5, 0.6) is 5.75 Å². The van der Waals surface area contributed by atoms with E-state index in [0.29, 0.717) is 0 Å². The lowest BCUT2D eigenvalue weighted by Gasteiger charge is -2.37. The first-order valence-corrected chi connectivity index (χ1v) is 6.49. The highest BCUT2D eigenvalue weighted by molar-refractivity contribution is 5.58. The Hall–Kier alpha value is -1.26. The molecule has 1 aliphatic heterocycles. The van der Waals surface area contributed by atoms with E-state index in [-0.39, 0.29) is 6.10 Å². The second-order valence-electron chi connectivity index (χ2n) is 4.81. The van der Waals surface area contributed by atoms with Gasteiger partial charge >= 0.3 is 0 Å². The Kier molecular flexibility index (Phi) is 4.44. The molecule has 1 aromatic carbocycles. The third kappa shape index (κ3) is 3.15. The van der Waals surface area contributed by atoms with Gasteiger partial charge in [0.25, 0.3) is 0 Å². The molecule has 1 N–H and O–H groups in total. The standard InChI is InChI=1S/C14H22N2O2/c1-12(17)11-15-7-9-16(10-8-15)13-5-3-4-6-14(13)18-2/h3-6,12,17H,7-11H2,1-2H3/t12-/m0/s1. The molecule has 0 radical (unpaired) electrons. The average Bonchev–Trinajstić information content (AvgIpc) is 2.39. The molecule has 0 saturated carbocycles. The molecule has 18 heavy (non-hydrogen) atoms. The Bertz CT molecular complexity index is 374. The molecule has 2 rings (SSSR count). The summed E-state index contributed by atoms with van der Waals surface area (Å²) < 4.78 is 5.39. The first-order chi connectivity index (χ1) is 8.70. The number of aliphatic hydroxyl groups excluding tert-OH is 1. The predicted molar refractivity (Wildman–Crippen MR) is 73.3 cm³/mol. The molecule has 0 aliphatic carbocycles. The van der Waals surface area contributed by atoms with Gasteiger partial charge in [-0.1, -0.05) is 12.1 Å². The van der Waals surface area contributed by atoms with Gasteiger partial charge in [0.15, 0.2) is 0 Å². The summed E-state index contributed by atoms with van der Waals surface area (Å²) in [6.07, 6.45) is -0.247. The van der Waals surface area contributed by atoms with Crippen molar-refractivity contribution >= 4 is 5.69 Å². The van der Waals surface area contributed by atoms with Crippen LogP contribution in [0, 0.1) is 0 Å². The number of aliphatic hydroxyl groups is 1. The van der Waals surface area contributed by atoms with Crippen molar-refractivity contribution in [1.82, 2.24) is 4.90 Å². The molecule has 1 aromatic rings. The number of β-amino-alcohol motifs (C(OH)–C–C–N with tert-alkyl or cyclic N) is 1. The first kappa shape index (κ1) is 13.2. The first-order valence-electron chi connectivity index (χ1n) is 6.49. The molecular weight excluding hydrogens is 228 g/mol. The largest absolute Gasteiger partial charge is 0.495 e. The molecule has 1 heterocycles. The lowest BCUT2D eigenvalue weighted by molar-refractivity contribution is 0.122. The van der Waals surface area contributed by atoms with Crippen molar-refractivity contribution in [1.29, 1.82) is 0 Å². The molecule has 1 fully saturated rings. The van der Waals surface area contributed by atoms with Crippen LogP contribution in [0.2, 0.25) is 0 Å². The third-order valence-electron chi connectivity index (χ3n) is 3.32. The summed E-state index contributed by atoms with van der Waals surface area (Å²) in [6, 6.07) is 8.13. The summed E-state index contributed by atoms with van der Waals surface area (Å²) >= 11 is 0. The topological polar surface area (TPSA) is 35.9 Å². The highest BCUT2D eigenvalue weighted by Crippen LogP contribution is 2.28. The van der Waals surface area contributed by atoms with Crippen LogP contribution in [0.25, 0.3) is 0 Å². The number of para-hydroxylation sites is 2. The van der Waals surface area contributed by atoms with Gasteiger partial charge < -0.3 is 14.7 Å². The Morgan fingerprint density at radius 3 is 2.50 bits per heavy atom. The number of benzene rings is 1. The molecule has 0 bridgehead atoms. The summed E-state index contributed by atoms with van der Waals surface area (Å²) in [5, 5.41) is 9.39. The summed E-state index contributed by atoms with van der Waals surface area (Å²) in [6.45, 7) is 6.54. The van der Waals surface area contributed by atoms with E-state index in [0.717, 1.165) is 44.2 Å². The molecular formula is C14H22N2O2. The maximum Gasteiger partial charge on any atom is 0.142 e. The number of methoxy groups -OCH3 is 1. The zero-order valence-corrected chi connectivity index (χ0v) is 11.2. The van der Waals surface area contributed by atoms with Crippen molar-refractivity contribution in [2.75, 3.05) is 44.7 Å². The maximum absolute atomic E-state index is 9.39. The minimum absolute atomic E-state index is 0.247. The van der Waals surface area contributed by atoms with E-state index in [2.05, 4.69) is 15.9 Å². The highest BCUT2D eigenvalue weighted by Gasteiger charge is 2.19. The number of hydrogen-bond acceptors (Lipinski definition) is 4. The van der Waals surface area contributed by atoms with Crippen LogP contribution in [0.3, 0.4) is 0 Å². The predicted octanol–water partition coefficient (Wildman–Crippen LogP) is 1.20. The number of hydrogen-bond donors (Lipinski definition) is 1. The fourth-order valence-electron chi connectivity index (χ4n) is 2.44. The van der Waals surface area contributed by atoms with Crippen molar-refractivity contribution in [2.24, 2.45) is 0 Å². The summed E-state index contributed by atoms with van der Waals surface area (Å²) in [4.78, 5) is 4.65. The molecule has 100 valence electrons. The fourth-order valence-corrected chi connectivity index (χ4v) is 2.44. The summed E-state index contributed by atoms with van der Waals surface area (Å²) in [7, 11) is 1.71. The van der Waals surface area contributed by atoms with E-state index in [1.807, 2.05) is 25.1 Å². The molecule has 1 aliphatic rings. The Morgan fingerprint density at radius 1 is 1.22 bits per heavy atom. The van der Waals surface area contributed by atoms with Crippen molar-refractivity contribution in [3.8, 4) is 5.75 Å². The normalized spacial score (nSPS) is 18.7. The average molecular weight is 250 g/mol. The molecule has 0 unspecified atom stereocenters. The van der Waals surface area contributed by atoms with Gasteiger partial charge in [-0.25, -0.2) is 0 Å². The van der Waals surface area contributed by atoms with E-state index < -0.39 is 0 Å². The SMILES string of the molecule is COc1ccccc1N1CCN(C[C@H](C)O)CC1. The van der Waals surface area contributed by atoms with E-state index >= 15 is 0 Å². The van der Waals surface area contributed by atoms with Gasteiger partial charge in [0.05, 0.1) is 18.9 Å². The van der Waals surface area contributed by atoms with Crippen LogP contribution in [0.4, 0.5) is 5.69 Å². The van der Waals surface area contributed by atoms with Crippen LogP contribution < -0.4 is 9.64 Å².